The Labute approximate surface area is 147 Å². The lowest BCUT2D eigenvalue weighted by Crippen LogP contribution is -2.28. The third-order valence-corrected chi connectivity index (χ3v) is 4.25. The van der Waals surface area contributed by atoms with Crippen LogP contribution >= 0.6 is 0 Å². The highest BCUT2D eigenvalue weighted by Gasteiger charge is 2.18. The van der Waals surface area contributed by atoms with Gasteiger partial charge in [-0.15, -0.1) is 0 Å². The van der Waals surface area contributed by atoms with Crippen molar-refractivity contribution < 1.29 is 9.32 Å². The van der Waals surface area contributed by atoms with Crippen molar-refractivity contribution in [2.75, 3.05) is 6.54 Å². The molecule has 3 rings (SSSR count). The fourth-order valence-corrected chi connectivity index (χ4v) is 3.00. The Balaban J connectivity index is 1.70. The number of nitrogens with one attached hydrogen (secondary N) is 1. The summed E-state index contributed by atoms with van der Waals surface area (Å²) in [6, 6.07) is 13.6. The Bertz CT molecular complexity index is 852. The molecule has 2 aromatic heterocycles. The largest absolute Gasteiger partial charge is 0.361 e. The molecule has 1 atom stereocenters. The summed E-state index contributed by atoms with van der Waals surface area (Å²) in [6.07, 6.45) is 1.66. The first-order valence-electron chi connectivity index (χ1n) is 8.28. The SMILES string of the molecule is Cc1noc(C)c1C(C)CNC(=O)c1cc(-c2ccccc2)ccn1. The van der Waals surface area contributed by atoms with Crippen molar-refractivity contribution >= 4 is 5.91 Å². The van der Waals surface area contributed by atoms with Crippen LogP contribution in [0.1, 0.15) is 40.3 Å². The number of carbonyl (C=O) groups excluding carboxylic acids is 1. The Morgan fingerprint density at radius 2 is 1.92 bits per heavy atom. The van der Waals surface area contributed by atoms with E-state index in [2.05, 4.69) is 15.5 Å². The molecular formula is C20H21N3O2. The van der Waals surface area contributed by atoms with Crippen molar-refractivity contribution in [3.05, 3.63) is 71.4 Å². The van der Waals surface area contributed by atoms with Crippen molar-refractivity contribution in [1.29, 1.82) is 0 Å². The molecule has 2 heterocycles. The maximum Gasteiger partial charge on any atom is 0.269 e. The second kappa shape index (κ2) is 7.30. The number of amides is 1. The molecule has 0 aliphatic heterocycles. The molecule has 5 nitrogen and oxygen atoms in total. The molecule has 1 aromatic carbocycles. The van der Waals surface area contributed by atoms with Gasteiger partial charge in [0.2, 0.25) is 0 Å². The molecule has 0 radical (unpaired) electrons. The highest BCUT2D eigenvalue weighted by Crippen LogP contribution is 2.22. The van der Waals surface area contributed by atoms with Crippen LogP contribution in [-0.4, -0.2) is 22.6 Å². The molecule has 128 valence electrons. The van der Waals surface area contributed by atoms with E-state index in [1.807, 2.05) is 63.2 Å². The first-order chi connectivity index (χ1) is 12.1. The molecule has 0 aliphatic carbocycles. The maximum absolute atomic E-state index is 12.5. The second-order valence-electron chi connectivity index (χ2n) is 6.14. The quantitative estimate of drug-likeness (QED) is 0.768. The molecule has 0 spiro atoms. The number of benzene rings is 1. The van der Waals surface area contributed by atoms with Crippen LogP contribution in [0.15, 0.2) is 53.2 Å². The molecule has 1 N–H and O–H groups in total. The van der Waals surface area contributed by atoms with Crippen molar-refractivity contribution in [3.63, 3.8) is 0 Å². The monoisotopic (exact) mass is 335 g/mol. The zero-order valence-corrected chi connectivity index (χ0v) is 14.6. The molecule has 0 bridgehead atoms. The minimum absolute atomic E-state index is 0.118. The summed E-state index contributed by atoms with van der Waals surface area (Å²) in [5, 5.41) is 6.92. The molecule has 0 saturated heterocycles. The van der Waals surface area contributed by atoms with E-state index in [-0.39, 0.29) is 11.8 Å². The topological polar surface area (TPSA) is 68.0 Å². The van der Waals surface area contributed by atoms with Crippen molar-refractivity contribution in [2.24, 2.45) is 0 Å². The van der Waals surface area contributed by atoms with Crippen molar-refractivity contribution in [3.8, 4) is 11.1 Å². The van der Waals surface area contributed by atoms with Crippen LogP contribution in [0.2, 0.25) is 0 Å². The van der Waals surface area contributed by atoms with Gasteiger partial charge in [0.25, 0.3) is 5.91 Å². The lowest BCUT2D eigenvalue weighted by atomic mass is 9.99. The average molecular weight is 335 g/mol. The Hall–Kier alpha value is -2.95. The van der Waals surface area contributed by atoms with Gasteiger partial charge in [-0.3, -0.25) is 9.78 Å². The molecule has 5 heteroatoms. The van der Waals surface area contributed by atoms with Crippen LogP contribution in [0.5, 0.6) is 0 Å². The Morgan fingerprint density at radius 3 is 2.60 bits per heavy atom. The fourth-order valence-electron chi connectivity index (χ4n) is 3.00. The molecule has 1 amide bonds. The van der Waals surface area contributed by atoms with E-state index in [0.717, 1.165) is 28.1 Å². The lowest BCUT2D eigenvalue weighted by Gasteiger charge is -2.12. The smallest absolute Gasteiger partial charge is 0.269 e. The third kappa shape index (κ3) is 3.76. The Kier molecular flexibility index (Phi) is 4.93. The molecule has 0 aliphatic rings. The van der Waals surface area contributed by atoms with Gasteiger partial charge < -0.3 is 9.84 Å². The van der Waals surface area contributed by atoms with Crippen LogP contribution < -0.4 is 5.32 Å². The van der Waals surface area contributed by atoms with Gasteiger partial charge in [-0.1, -0.05) is 42.4 Å². The molecule has 0 saturated carbocycles. The van der Waals surface area contributed by atoms with Crippen LogP contribution in [0, 0.1) is 13.8 Å². The summed E-state index contributed by atoms with van der Waals surface area (Å²) in [5.74, 6) is 0.729. The highest BCUT2D eigenvalue weighted by atomic mass is 16.5. The van der Waals surface area contributed by atoms with E-state index >= 15 is 0 Å². The molecule has 0 fully saturated rings. The van der Waals surface area contributed by atoms with Gasteiger partial charge in [-0.05, 0) is 37.1 Å². The Morgan fingerprint density at radius 1 is 1.16 bits per heavy atom. The van der Waals surface area contributed by atoms with Crippen LogP contribution in [0.3, 0.4) is 0 Å². The van der Waals surface area contributed by atoms with Gasteiger partial charge in [-0.25, -0.2) is 0 Å². The summed E-state index contributed by atoms with van der Waals surface area (Å²) in [4.78, 5) is 16.7. The molecule has 1 unspecified atom stereocenters. The maximum atomic E-state index is 12.5. The minimum atomic E-state index is -0.184. The van der Waals surface area contributed by atoms with Gasteiger partial charge in [-0.2, -0.15) is 0 Å². The van der Waals surface area contributed by atoms with E-state index in [1.54, 1.807) is 6.20 Å². The predicted octanol–water partition coefficient (Wildman–Crippen LogP) is 3.89. The summed E-state index contributed by atoms with van der Waals surface area (Å²) in [7, 11) is 0. The van der Waals surface area contributed by atoms with Crippen molar-refractivity contribution in [2.45, 2.75) is 26.7 Å². The van der Waals surface area contributed by atoms with E-state index in [4.69, 9.17) is 4.52 Å². The van der Waals surface area contributed by atoms with E-state index in [0.29, 0.717) is 12.2 Å². The predicted molar refractivity (Wildman–Crippen MR) is 96.4 cm³/mol. The average Bonchev–Trinajstić information content (AvgIpc) is 2.99. The zero-order chi connectivity index (χ0) is 17.8. The molecule has 25 heavy (non-hydrogen) atoms. The second-order valence-corrected chi connectivity index (χ2v) is 6.14. The third-order valence-electron chi connectivity index (χ3n) is 4.25. The highest BCUT2D eigenvalue weighted by molar-refractivity contribution is 5.93. The minimum Gasteiger partial charge on any atom is -0.361 e. The number of rotatable bonds is 5. The van der Waals surface area contributed by atoms with E-state index in [1.165, 1.54) is 0 Å². The summed E-state index contributed by atoms with van der Waals surface area (Å²) in [5.41, 5.74) is 4.35. The lowest BCUT2D eigenvalue weighted by molar-refractivity contribution is 0.0946. The fraction of sp³-hybridized carbons (Fsp3) is 0.250. The normalized spacial score (nSPS) is 12.0. The van der Waals surface area contributed by atoms with Gasteiger partial charge in [0.05, 0.1) is 5.69 Å². The van der Waals surface area contributed by atoms with Gasteiger partial charge in [0.15, 0.2) is 0 Å². The van der Waals surface area contributed by atoms with Gasteiger partial charge >= 0.3 is 0 Å². The summed E-state index contributed by atoms with van der Waals surface area (Å²) >= 11 is 0. The summed E-state index contributed by atoms with van der Waals surface area (Å²) < 4.78 is 5.20. The van der Waals surface area contributed by atoms with Crippen LogP contribution in [0.4, 0.5) is 0 Å². The van der Waals surface area contributed by atoms with E-state index in [9.17, 15) is 4.79 Å². The molecular weight excluding hydrogens is 314 g/mol. The van der Waals surface area contributed by atoms with Crippen LogP contribution in [0.25, 0.3) is 11.1 Å². The van der Waals surface area contributed by atoms with Crippen molar-refractivity contribution in [1.82, 2.24) is 15.5 Å². The summed E-state index contributed by atoms with van der Waals surface area (Å²) in [6.45, 7) is 6.34. The number of carbonyl (C=O) groups is 1. The van der Waals surface area contributed by atoms with Crippen LogP contribution in [-0.2, 0) is 0 Å². The van der Waals surface area contributed by atoms with Gasteiger partial charge in [0, 0.05) is 24.2 Å². The number of nitrogens with zero attached hydrogens (tertiary/aromatic N) is 2. The molecule has 3 aromatic rings. The number of aryl methyl sites for hydroxylation is 2. The standard InChI is InChI=1S/C20H21N3O2/c1-13(19-14(2)23-25-15(19)3)12-22-20(24)18-11-17(9-10-21-18)16-7-5-4-6-8-16/h4-11,13H,12H2,1-3H3,(H,22,24). The zero-order valence-electron chi connectivity index (χ0n) is 14.6. The first-order valence-corrected chi connectivity index (χ1v) is 8.28. The number of hydrogen-bond donors (Lipinski definition) is 1. The number of pyridine rings is 1. The first kappa shape index (κ1) is 16.9. The number of aromatic nitrogens is 2. The number of hydrogen-bond acceptors (Lipinski definition) is 4. The van der Waals surface area contributed by atoms with Gasteiger partial charge in [0.1, 0.15) is 11.5 Å². The van der Waals surface area contributed by atoms with E-state index < -0.39 is 0 Å².